The third-order valence-electron chi connectivity index (χ3n) is 4.27. The van der Waals surface area contributed by atoms with Gasteiger partial charge in [0.15, 0.2) is 0 Å². The van der Waals surface area contributed by atoms with E-state index in [-0.39, 0.29) is 11.9 Å². The average Bonchev–Trinajstić information content (AvgIpc) is 2.70. The van der Waals surface area contributed by atoms with Crippen molar-refractivity contribution in [2.45, 2.75) is 19.8 Å². The van der Waals surface area contributed by atoms with E-state index in [9.17, 15) is 9.59 Å². The summed E-state index contributed by atoms with van der Waals surface area (Å²) in [6, 6.07) is 23.5. The van der Waals surface area contributed by atoms with E-state index in [0.29, 0.717) is 28.5 Å². The summed E-state index contributed by atoms with van der Waals surface area (Å²) in [5, 5.41) is 8.37. The molecule has 0 aliphatic rings. The van der Waals surface area contributed by atoms with Crippen LogP contribution in [0.4, 0.5) is 21.9 Å². The van der Waals surface area contributed by atoms with Crippen LogP contribution in [-0.2, 0) is 0 Å². The predicted molar refractivity (Wildman–Crippen MR) is 114 cm³/mol. The molecule has 5 nitrogen and oxygen atoms in total. The minimum atomic E-state index is -0.326. The van der Waals surface area contributed by atoms with E-state index >= 15 is 0 Å². The second-order valence-corrected chi connectivity index (χ2v) is 6.75. The Morgan fingerprint density at radius 3 is 1.68 bits per heavy atom. The molecule has 0 heterocycles. The minimum absolute atomic E-state index is 0.169. The fourth-order valence-electron chi connectivity index (χ4n) is 2.67. The minimum Gasteiger partial charge on any atom is -0.322 e. The summed E-state index contributed by atoms with van der Waals surface area (Å²) in [7, 11) is 0. The van der Waals surface area contributed by atoms with Crippen LogP contribution in [0.5, 0.6) is 0 Å². The van der Waals surface area contributed by atoms with Crippen LogP contribution >= 0.6 is 0 Å². The molecule has 3 aromatic carbocycles. The number of hydrogen-bond acceptors (Lipinski definition) is 2. The van der Waals surface area contributed by atoms with Crippen molar-refractivity contribution < 1.29 is 9.59 Å². The van der Waals surface area contributed by atoms with Gasteiger partial charge in [-0.15, -0.1) is 0 Å². The molecule has 3 amide bonds. The molecule has 0 bridgehead atoms. The summed E-state index contributed by atoms with van der Waals surface area (Å²) >= 11 is 0. The van der Waals surface area contributed by atoms with Crippen LogP contribution in [-0.4, -0.2) is 11.9 Å². The smallest absolute Gasteiger partial charge is 0.322 e. The summed E-state index contributed by atoms with van der Waals surface area (Å²) in [6.45, 7) is 4.23. The highest BCUT2D eigenvalue weighted by Crippen LogP contribution is 2.17. The molecule has 0 saturated heterocycles. The molecule has 5 heteroatoms. The molecule has 142 valence electrons. The molecule has 0 fully saturated rings. The zero-order valence-electron chi connectivity index (χ0n) is 15.9. The van der Waals surface area contributed by atoms with Gasteiger partial charge in [0.25, 0.3) is 5.91 Å². The molecule has 0 radical (unpaired) electrons. The lowest BCUT2D eigenvalue weighted by atomic mass is 10.0. The number of nitrogens with one attached hydrogen (secondary N) is 3. The first-order chi connectivity index (χ1) is 13.5. The van der Waals surface area contributed by atoms with Crippen molar-refractivity contribution in [1.29, 1.82) is 0 Å². The Labute approximate surface area is 164 Å². The van der Waals surface area contributed by atoms with Crippen LogP contribution in [0.25, 0.3) is 0 Å². The van der Waals surface area contributed by atoms with Gasteiger partial charge in [0, 0.05) is 22.6 Å². The Morgan fingerprint density at radius 2 is 1.14 bits per heavy atom. The van der Waals surface area contributed by atoms with Crippen molar-refractivity contribution in [2.75, 3.05) is 16.0 Å². The molecule has 3 rings (SSSR count). The van der Waals surface area contributed by atoms with Gasteiger partial charge < -0.3 is 16.0 Å². The third kappa shape index (κ3) is 5.20. The van der Waals surface area contributed by atoms with Crippen molar-refractivity contribution in [1.82, 2.24) is 0 Å². The highest BCUT2D eigenvalue weighted by Gasteiger charge is 2.08. The lowest BCUT2D eigenvalue weighted by molar-refractivity contribution is 0.102. The lowest BCUT2D eigenvalue weighted by Crippen LogP contribution is -2.19. The van der Waals surface area contributed by atoms with Gasteiger partial charge in [-0.1, -0.05) is 44.2 Å². The fourth-order valence-corrected chi connectivity index (χ4v) is 2.67. The van der Waals surface area contributed by atoms with Gasteiger partial charge in [-0.05, 0) is 60.0 Å². The molecule has 0 saturated carbocycles. The Bertz CT molecular complexity index is 934. The summed E-state index contributed by atoms with van der Waals surface area (Å²) in [5.41, 5.74) is 3.81. The quantitative estimate of drug-likeness (QED) is 0.536. The zero-order chi connectivity index (χ0) is 19.9. The van der Waals surface area contributed by atoms with Gasteiger partial charge in [0.1, 0.15) is 0 Å². The molecular weight excluding hydrogens is 350 g/mol. The molecule has 0 spiro atoms. The van der Waals surface area contributed by atoms with Crippen LogP contribution in [0.15, 0.2) is 78.9 Å². The van der Waals surface area contributed by atoms with Crippen molar-refractivity contribution >= 4 is 29.0 Å². The summed E-state index contributed by atoms with van der Waals surface area (Å²) in [6.07, 6.45) is 0. The first-order valence-electron chi connectivity index (χ1n) is 9.16. The summed E-state index contributed by atoms with van der Waals surface area (Å²) in [4.78, 5) is 24.4. The highest BCUT2D eigenvalue weighted by atomic mass is 16.2. The van der Waals surface area contributed by atoms with Gasteiger partial charge in [-0.3, -0.25) is 4.79 Å². The van der Waals surface area contributed by atoms with E-state index in [0.717, 1.165) is 0 Å². The predicted octanol–water partition coefficient (Wildman–Crippen LogP) is 5.71. The van der Waals surface area contributed by atoms with E-state index in [1.807, 2.05) is 54.6 Å². The lowest BCUT2D eigenvalue weighted by Gasteiger charge is -2.10. The third-order valence-corrected chi connectivity index (χ3v) is 4.27. The van der Waals surface area contributed by atoms with Crippen molar-refractivity contribution in [2.24, 2.45) is 0 Å². The molecule has 0 aliphatic heterocycles. The fraction of sp³-hybridized carbons (Fsp3) is 0.130. The van der Waals surface area contributed by atoms with Gasteiger partial charge in [0.2, 0.25) is 0 Å². The van der Waals surface area contributed by atoms with Crippen LogP contribution in [0.2, 0.25) is 0 Å². The first kappa shape index (κ1) is 19.2. The van der Waals surface area contributed by atoms with Crippen molar-refractivity contribution in [3.63, 3.8) is 0 Å². The molecular formula is C23H23N3O2. The molecule has 0 atom stereocenters. The van der Waals surface area contributed by atoms with Crippen molar-refractivity contribution in [3.8, 4) is 0 Å². The van der Waals surface area contributed by atoms with Crippen LogP contribution in [0.3, 0.4) is 0 Å². The Kier molecular flexibility index (Phi) is 6.07. The van der Waals surface area contributed by atoms with E-state index in [4.69, 9.17) is 0 Å². The number of benzene rings is 3. The molecule has 3 aromatic rings. The molecule has 0 unspecified atom stereocenters. The number of para-hydroxylation sites is 1. The van der Waals surface area contributed by atoms with E-state index in [1.54, 1.807) is 24.3 Å². The number of urea groups is 1. The largest absolute Gasteiger partial charge is 0.323 e. The molecule has 3 N–H and O–H groups in total. The van der Waals surface area contributed by atoms with Crippen LogP contribution in [0.1, 0.15) is 35.7 Å². The maximum atomic E-state index is 12.4. The van der Waals surface area contributed by atoms with E-state index in [1.165, 1.54) is 5.56 Å². The topological polar surface area (TPSA) is 70.2 Å². The van der Waals surface area contributed by atoms with E-state index in [2.05, 4.69) is 29.8 Å². The number of carbonyl (C=O) groups excluding carboxylic acids is 2. The molecule has 28 heavy (non-hydrogen) atoms. The SMILES string of the molecule is CC(C)c1ccc(C(=O)Nc2ccc(NC(=O)Nc3ccccc3)cc2)cc1. The van der Waals surface area contributed by atoms with Gasteiger partial charge >= 0.3 is 6.03 Å². The number of carbonyl (C=O) groups is 2. The maximum Gasteiger partial charge on any atom is 0.323 e. The number of amides is 3. The zero-order valence-corrected chi connectivity index (χ0v) is 15.9. The molecule has 0 aromatic heterocycles. The van der Waals surface area contributed by atoms with Gasteiger partial charge in [-0.2, -0.15) is 0 Å². The number of hydrogen-bond donors (Lipinski definition) is 3. The first-order valence-corrected chi connectivity index (χ1v) is 9.16. The Balaban J connectivity index is 1.56. The average molecular weight is 373 g/mol. The van der Waals surface area contributed by atoms with Crippen molar-refractivity contribution in [3.05, 3.63) is 90.0 Å². The van der Waals surface area contributed by atoms with Crippen LogP contribution in [0, 0.1) is 0 Å². The highest BCUT2D eigenvalue weighted by molar-refractivity contribution is 6.04. The van der Waals surface area contributed by atoms with Gasteiger partial charge in [-0.25, -0.2) is 4.79 Å². The number of anilines is 3. The standard InChI is InChI=1S/C23H23N3O2/c1-16(2)17-8-10-18(11-9-17)22(27)24-20-12-14-21(15-13-20)26-23(28)25-19-6-4-3-5-7-19/h3-16H,1-2H3,(H,24,27)(H2,25,26,28). The normalized spacial score (nSPS) is 10.4. The second kappa shape index (κ2) is 8.86. The second-order valence-electron chi connectivity index (χ2n) is 6.75. The Morgan fingerprint density at radius 1 is 0.643 bits per heavy atom. The summed E-state index contributed by atoms with van der Waals surface area (Å²) < 4.78 is 0. The molecule has 0 aliphatic carbocycles. The maximum absolute atomic E-state index is 12.4. The van der Waals surface area contributed by atoms with E-state index < -0.39 is 0 Å². The summed E-state index contributed by atoms with van der Waals surface area (Å²) in [5.74, 6) is 0.258. The van der Waals surface area contributed by atoms with Crippen LogP contribution < -0.4 is 16.0 Å². The number of rotatable bonds is 5. The Hall–Kier alpha value is -3.60. The monoisotopic (exact) mass is 373 g/mol. The van der Waals surface area contributed by atoms with Gasteiger partial charge in [0.05, 0.1) is 0 Å².